The van der Waals surface area contributed by atoms with Crippen LogP contribution >= 0.6 is 11.6 Å². The van der Waals surface area contributed by atoms with Gasteiger partial charge in [0.15, 0.2) is 0 Å². The second-order valence-electron chi connectivity index (χ2n) is 3.29. The summed E-state index contributed by atoms with van der Waals surface area (Å²) in [6, 6.07) is 0. The van der Waals surface area contributed by atoms with E-state index in [0.717, 1.165) is 32.6 Å². The van der Waals surface area contributed by atoms with Crippen molar-refractivity contribution < 1.29 is 19.4 Å². The smallest absolute Gasteiger partial charge is 0.248 e. The Morgan fingerprint density at radius 2 is 1.87 bits per heavy atom. The van der Waals surface area contributed by atoms with E-state index in [0.29, 0.717) is 6.42 Å². The largest absolute Gasteiger partial charge is 0.373 e. The third-order valence-electron chi connectivity index (χ3n) is 1.81. The molecule has 0 heterocycles. The lowest BCUT2D eigenvalue weighted by molar-refractivity contribution is -0.257. The second-order valence-corrected chi connectivity index (χ2v) is 3.82. The lowest BCUT2D eigenvalue weighted by Crippen LogP contribution is -2.19. The lowest BCUT2D eigenvalue weighted by atomic mass is 10.1. The fourth-order valence-corrected chi connectivity index (χ4v) is 1.21. The number of carbonyl (C=O) groups excluding carboxylic acids is 2. The van der Waals surface area contributed by atoms with Crippen LogP contribution in [0, 0.1) is 0 Å². The average molecular weight is 237 g/mol. The van der Waals surface area contributed by atoms with E-state index in [1.165, 1.54) is 0 Å². The Labute approximate surface area is 94.8 Å². The molecule has 0 bridgehead atoms. The third-order valence-corrected chi connectivity index (χ3v) is 2.20. The number of carbonyl (C=O) groups is 2. The van der Waals surface area contributed by atoms with Gasteiger partial charge in [-0.25, -0.2) is 19.4 Å². The highest BCUT2D eigenvalue weighted by molar-refractivity contribution is 6.29. The van der Waals surface area contributed by atoms with Crippen LogP contribution < -0.4 is 0 Å². The zero-order valence-electron chi connectivity index (χ0n) is 9.12. The fourth-order valence-electron chi connectivity index (χ4n) is 1.02. The minimum absolute atomic E-state index is 0.543. The maximum absolute atomic E-state index is 11.1. The molecular formula is C10H17ClO4. The first-order chi connectivity index (χ1) is 7.07. The molecule has 1 atom stereocenters. The Balaban J connectivity index is 3.55. The van der Waals surface area contributed by atoms with Crippen LogP contribution in [0.4, 0.5) is 0 Å². The van der Waals surface area contributed by atoms with E-state index >= 15 is 0 Å². The first-order valence-electron chi connectivity index (χ1n) is 5.11. The Morgan fingerprint density at radius 1 is 1.20 bits per heavy atom. The molecule has 0 rings (SSSR count). The second kappa shape index (κ2) is 8.53. The lowest BCUT2D eigenvalue weighted by Gasteiger charge is -2.06. The van der Waals surface area contributed by atoms with Crippen molar-refractivity contribution in [1.82, 2.24) is 0 Å². The number of halogens is 1. The van der Waals surface area contributed by atoms with Crippen LogP contribution in [0.15, 0.2) is 0 Å². The minimum atomic E-state index is -0.735. The predicted molar refractivity (Wildman–Crippen MR) is 56.3 cm³/mol. The zero-order valence-corrected chi connectivity index (χ0v) is 9.88. The quantitative estimate of drug-likeness (QED) is 0.308. The van der Waals surface area contributed by atoms with E-state index in [9.17, 15) is 9.59 Å². The zero-order chi connectivity index (χ0) is 11.7. The molecule has 0 saturated heterocycles. The van der Waals surface area contributed by atoms with Crippen molar-refractivity contribution in [2.45, 2.75) is 51.3 Å². The molecular weight excluding hydrogens is 220 g/mol. The SMILES string of the molecule is CCCCCCC(Cl)C(=O)OOC(C)=O. The highest BCUT2D eigenvalue weighted by atomic mass is 35.5. The van der Waals surface area contributed by atoms with E-state index in [1.807, 2.05) is 0 Å². The van der Waals surface area contributed by atoms with Crippen LogP contribution in [0.1, 0.15) is 46.0 Å². The van der Waals surface area contributed by atoms with Gasteiger partial charge in [0.05, 0.1) is 0 Å². The highest BCUT2D eigenvalue weighted by Crippen LogP contribution is 2.11. The van der Waals surface area contributed by atoms with Crippen molar-refractivity contribution in [3.63, 3.8) is 0 Å². The molecule has 88 valence electrons. The van der Waals surface area contributed by atoms with Crippen LogP contribution in [0.25, 0.3) is 0 Å². The molecule has 0 aliphatic heterocycles. The fraction of sp³-hybridized carbons (Fsp3) is 0.800. The van der Waals surface area contributed by atoms with Gasteiger partial charge in [0.25, 0.3) is 0 Å². The summed E-state index contributed by atoms with van der Waals surface area (Å²) >= 11 is 5.73. The molecule has 15 heavy (non-hydrogen) atoms. The normalized spacial score (nSPS) is 11.9. The van der Waals surface area contributed by atoms with Crippen molar-refractivity contribution in [2.24, 2.45) is 0 Å². The van der Waals surface area contributed by atoms with Gasteiger partial charge in [0.1, 0.15) is 5.38 Å². The van der Waals surface area contributed by atoms with E-state index in [2.05, 4.69) is 16.7 Å². The number of unbranched alkanes of at least 4 members (excludes halogenated alkanes) is 3. The monoisotopic (exact) mass is 236 g/mol. The predicted octanol–water partition coefficient (Wildman–Crippen LogP) is 2.59. The maximum Gasteiger partial charge on any atom is 0.373 e. The molecule has 0 radical (unpaired) electrons. The standard InChI is InChI=1S/C10H17ClO4/c1-3-4-5-6-7-9(11)10(13)15-14-8(2)12/h9H,3-7H2,1-2H3. The summed E-state index contributed by atoms with van der Waals surface area (Å²) in [6.45, 7) is 3.25. The molecule has 0 aromatic carbocycles. The summed E-state index contributed by atoms with van der Waals surface area (Å²) in [6.07, 6.45) is 4.72. The third kappa shape index (κ3) is 8.24. The van der Waals surface area contributed by atoms with E-state index in [1.54, 1.807) is 0 Å². The number of alkyl halides is 1. The van der Waals surface area contributed by atoms with Crippen molar-refractivity contribution in [3.05, 3.63) is 0 Å². The molecule has 4 nitrogen and oxygen atoms in total. The molecule has 0 spiro atoms. The summed E-state index contributed by atoms with van der Waals surface area (Å²) in [7, 11) is 0. The van der Waals surface area contributed by atoms with Crippen LogP contribution in [-0.4, -0.2) is 17.3 Å². The molecule has 0 amide bonds. The van der Waals surface area contributed by atoms with Crippen molar-refractivity contribution >= 4 is 23.5 Å². The van der Waals surface area contributed by atoms with Gasteiger partial charge < -0.3 is 0 Å². The number of rotatable bonds is 6. The Kier molecular flexibility index (Phi) is 8.09. The summed E-state index contributed by atoms with van der Waals surface area (Å²) in [4.78, 5) is 29.7. The summed E-state index contributed by atoms with van der Waals surface area (Å²) in [5, 5.41) is -0.735. The van der Waals surface area contributed by atoms with Crippen LogP contribution in [0.5, 0.6) is 0 Å². The van der Waals surface area contributed by atoms with E-state index in [4.69, 9.17) is 11.6 Å². The first-order valence-corrected chi connectivity index (χ1v) is 5.54. The van der Waals surface area contributed by atoms with Gasteiger partial charge in [0, 0.05) is 6.92 Å². The molecule has 0 aliphatic rings. The molecule has 0 N–H and O–H groups in total. The molecule has 0 aromatic heterocycles. The average Bonchev–Trinajstić information content (AvgIpc) is 2.20. The molecule has 0 fully saturated rings. The van der Waals surface area contributed by atoms with E-state index < -0.39 is 17.3 Å². The first kappa shape index (κ1) is 14.2. The molecule has 1 unspecified atom stereocenters. The Morgan fingerprint density at radius 3 is 2.40 bits per heavy atom. The number of hydrogen-bond donors (Lipinski definition) is 0. The highest BCUT2D eigenvalue weighted by Gasteiger charge is 2.18. The van der Waals surface area contributed by atoms with Crippen LogP contribution in [0.3, 0.4) is 0 Å². The van der Waals surface area contributed by atoms with Crippen LogP contribution in [0.2, 0.25) is 0 Å². The van der Waals surface area contributed by atoms with Gasteiger partial charge >= 0.3 is 11.9 Å². The molecule has 0 aliphatic carbocycles. The molecule has 0 aromatic rings. The van der Waals surface area contributed by atoms with Gasteiger partial charge in [-0.15, -0.1) is 11.6 Å². The van der Waals surface area contributed by atoms with Gasteiger partial charge in [-0.3, -0.25) is 0 Å². The minimum Gasteiger partial charge on any atom is -0.248 e. The van der Waals surface area contributed by atoms with Gasteiger partial charge in [0.2, 0.25) is 0 Å². The van der Waals surface area contributed by atoms with Crippen molar-refractivity contribution in [1.29, 1.82) is 0 Å². The topological polar surface area (TPSA) is 52.6 Å². The van der Waals surface area contributed by atoms with Crippen molar-refractivity contribution in [2.75, 3.05) is 0 Å². The summed E-state index contributed by atoms with van der Waals surface area (Å²) in [5.74, 6) is -1.37. The summed E-state index contributed by atoms with van der Waals surface area (Å²) < 4.78 is 0. The van der Waals surface area contributed by atoms with Gasteiger partial charge in [-0.05, 0) is 6.42 Å². The van der Waals surface area contributed by atoms with E-state index in [-0.39, 0.29) is 0 Å². The molecule has 5 heteroatoms. The Bertz CT molecular complexity index is 206. The van der Waals surface area contributed by atoms with Gasteiger partial charge in [-0.2, -0.15) is 0 Å². The van der Waals surface area contributed by atoms with Gasteiger partial charge in [-0.1, -0.05) is 32.6 Å². The summed E-state index contributed by atoms with van der Waals surface area (Å²) in [5.41, 5.74) is 0. The Hall–Kier alpha value is -0.770. The van der Waals surface area contributed by atoms with Crippen LogP contribution in [-0.2, 0) is 19.4 Å². The number of hydrogen-bond acceptors (Lipinski definition) is 4. The molecule has 0 saturated carbocycles. The van der Waals surface area contributed by atoms with Crippen molar-refractivity contribution in [3.8, 4) is 0 Å². The maximum atomic E-state index is 11.1.